The predicted molar refractivity (Wildman–Crippen MR) is 115 cm³/mol. The minimum atomic E-state index is 0. The molecule has 0 aliphatic rings. The molecular formula is C19H44Cl2N2S2. The highest BCUT2D eigenvalue weighted by Gasteiger charge is 2.05. The molecule has 0 atom stereocenters. The van der Waals surface area contributed by atoms with E-state index in [1.54, 1.807) is 0 Å². The van der Waals surface area contributed by atoms with Crippen molar-refractivity contribution in [3.05, 3.63) is 0 Å². The van der Waals surface area contributed by atoms with Crippen LogP contribution < -0.4 is 35.6 Å². The largest absolute Gasteiger partial charge is 1.00 e. The van der Waals surface area contributed by atoms with Gasteiger partial charge in [0.2, 0.25) is 0 Å². The van der Waals surface area contributed by atoms with Gasteiger partial charge in [0.05, 0.1) is 0 Å². The zero-order valence-corrected chi connectivity index (χ0v) is 20.7. The monoisotopic (exact) mass is 434 g/mol. The number of thioether (sulfide) groups is 2. The molecule has 0 saturated carbocycles. The number of nitrogens with two attached hydrogens (primary N) is 2. The van der Waals surface area contributed by atoms with Crippen LogP contribution in [0.2, 0.25) is 0 Å². The zero-order valence-electron chi connectivity index (χ0n) is 17.5. The fourth-order valence-electron chi connectivity index (χ4n) is 2.02. The van der Waals surface area contributed by atoms with Crippen molar-refractivity contribution in [1.29, 1.82) is 0 Å². The highest BCUT2D eigenvalue weighted by Crippen LogP contribution is 2.08. The molecule has 6 heteroatoms. The second-order valence-electron chi connectivity index (χ2n) is 5.07. The summed E-state index contributed by atoms with van der Waals surface area (Å²) in [4.78, 5) is 0. The highest BCUT2D eigenvalue weighted by molar-refractivity contribution is 7.98. The van der Waals surface area contributed by atoms with Gasteiger partial charge in [-0.05, 0) is 49.7 Å². The Labute approximate surface area is 179 Å². The van der Waals surface area contributed by atoms with Gasteiger partial charge in [-0.15, -0.1) is 0 Å². The van der Waals surface area contributed by atoms with Crippen molar-refractivity contribution in [2.24, 2.45) is 0 Å². The van der Waals surface area contributed by atoms with Gasteiger partial charge in [-0.2, -0.15) is 23.5 Å². The Morgan fingerprint density at radius 2 is 0.840 bits per heavy atom. The van der Waals surface area contributed by atoms with Crippen LogP contribution in [0.3, 0.4) is 0 Å². The van der Waals surface area contributed by atoms with Crippen molar-refractivity contribution < 1.29 is 35.6 Å². The summed E-state index contributed by atoms with van der Waals surface area (Å²) >= 11 is 3.80. The Bertz CT molecular complexity index is 230. The van der Waals surface area contributed by atoms with E-state index in [4.69, 9.17) is 10.8 Å². The molecule has 0 amide bonds. The third-order valence-electron chi connectivity index (χ3n) is 3.19. The molecule has 0 rings (SSSR count). The zero-order chi connectivity index (χ0) is 18.3. The maximum atomic E-state index is 6.01. The summed E-state index contributed by atoms with van der Waals surface area (Å²) in [7, 11) is 0. The molecule has 0 aromatic heterocycles. The first-order valence-corrected chi connectivity index (χ1v) is 12.2. The van der Waals surface area contributed by atoms with Gasteiger partial charge in [-0.1, -0.05) is 34.1 Å². The van der Waals surface area contributed by atoms with Gasteiger partial charge in [0, 0.05) is 25.7 Å². The van der Waals surface area contributed by atoms with E-state index in [1.807, 2.05) is 51.2 Å². The third kappa shape index (κ3) is 36.3. The van der Waals surface area contributed by atoms with Crippen LogP contribution in [0.4, 0.5) is 0 Å². The average molecular weight is 436 g/mol. The molecule has 2 nitrogen and oxygen atoms in total. The van der Waals surface area contributed by atoms with Crippen molar-refractivity contribution in [3.8, 4) is 0 Å². The van der Waals surface area contributed by atoms with Gasteiger partial charge in [-0.25, -0.2) is 0 Å². The second kappa shape index (κ2) is 35.7. The summed E-state index contributed by atoms with van der Waals surface area (Å²) in [6.45, 7) is 8.00. The number of hydrogen-bond acceptors (Lipinski definition) is 2. The predicted octanol–water partition coefficient (Wildman–Crippen LogP) is -2.32. The smallest absolute Gasteiger partial charge is 0.149 e. The van der Waals surface area contributed by atoms with Crippen molar-refractivity contribution in [2.45, 2.75) is 85.5 Å². The highest BCUT2D eigenvalue weighted by atomic mass is 35.5. The molecule has 0 heterocycles. The first-order valence-electron chi connectivity index (χ1n) is 9.39. The van der Waals surface area contributed by atoms with Gasteiger partial charge < -0.3 is 24.8 Å². The van der Waals surface area contributed by atoms with Crippen LogP contribution >= 0.6 is 23.5 Å². The number of unbranched alkanes of at least 4 members (excludes halogenated alkanes) is 2. The van der Waals surface area contributed by atoms with E-state index in [1.165, 1.54) is 55.0 Å². The molecule has 0 aromatic rings. The fraction of sp³-hybridized carbons (Fsp3) is 0.895. The standard InChI is InChI=1S/C15H30N2S2.2C2H6.2ClH/c1-18-12-6-10-14(16)8-4-3-5-9-15(17)11-7-13-19-2;2*1-2;;/h16-17H,3-13H2,1-2H3;2*1-2H3;2*1H. The lowest BCUT2D eigenvalue weighted by Crippen LogP contribution is -3.00. The van der Waals surface area contributed by atoms with Gasteiger partial charge in [0.15, 0.2) is 0 Å². The van der Waals surface area contributed by atoms with Crippen LogP contribution in [0.15, 0.2) is 0 Å². The molecule has 0 spiro atoms. The van der Waals surface area contributed by atoms with E-state index in [-0.39, 0.29) is 24.8 Å². The Kier molecular flexibility index (Phi) is 52.1. The average Bonchev–Trinajstić information content (AvgIpc) is 2.58. The van der Waals surface area contributed by atoms with E-state index in [9.17, 15) is 0 Å². The van der Waals surface area contributed by atoms with Crippen LogP contribution in [0.1, 0.15) is 85.5 Å². The van der Waals surface area contributed by atoms with Gasteiger partial charge in [0.1, 0.15) is 11.4 Å². The molecule has 156 valence electrons. The molecule has 0 aromatic carbocycles. The van der Waals surface area contributed by atoms with Crippen LogP contribution in [-0.4, -0.2) is 35.4 Å². The van der Waals surface area contributed by atoms with Gasteiger partial charge >= 0.3 is 0 Å². The van der Waals surface area contributed by atoms with E-state index in [0.29, 0.717) is 0 Å². The second-order valence-corrected chi connectivity index (χ2v) is 7.04. The molecule has 0 aliphatic heterocycles. The number of halogens is 2. The van der Waals surface area contributed by atoms with Crippen molar-refractivity contribution in [2.75, 3.05) is 24.0 Å². The molecule has 0 unspecified atom stereocenters. The van der Waals surface area contributed by atoms with Crippen LogP contribution in [-0.2, 0) is 0 Å². The summed E-state index contributed by atoms with van der Waals surface area (Å²) in [5.74, 6) is 2.45. The lowest BCUT2D eigenvalue weighted by Gasteiger charge is -2.01. The number of rotatable bonds is 14. The Morgan fingerprint density at radius 3 is 1.12 bits per heavy atom. The Hall–Kier alpha value is 0.620. The number of hydrogen-bond donors (Lipinski definition) is 2. The molecule has 25 heavy (non-hydrogen) atoms. The first-order chi connectivity index (χ1) is 11.2. The minimum absolute atomic E-state index is 0. The molecule has 0 radical (unpaired) electrons. The van der Waals surface area contributed by atoms with Crippen LogP contribution in [0.25, 0.3) is 0 Å². The Balaban J connectivity index is -0.000000206. The summed E-state index contributed by atoms with van der Waals surface area (Å²) in [6.07, 6.45) is 14.9. The van der Waals surface area contributed by atoms with Crippen molar-refractivity contribution in [3.63, 3.8) is 0 Å². The molecular weight excluding hydrogens is 391 g/mol. The normalized spacial score (nSPS) is 8.56. The van der Waals surface area contributed by atoms with Crippen molar-refractivity contribution in [1.82, 2.24) is 0 Å². The topological polar surface area (TPSA) is 51.2 Å². The summed E-state index contributed by atoms with van der Waals surface area (Å²) in [5, 5.41) is 12.0. The molecule has 0 bridgehead atoms. The molecule has 4 N–H and O–H groups in total. The van der Waals surface area contributed by atoms with E-state index in [0.717, 1.165) is 25.7 Å². The van der Waals surface area contributed by atoms with E-state index in [2.05, 4.69) is 12.5 Å². The first kappa shape index (κ1) is 36.5. The molecule has 0 aliphatic carbocycles. The van der Waals surface area contributed by atoms with Crippen molar-refractivity contribution >= 4 is 34.9 Å². The van der Waals surface area contributed by atoms with Gasteiger partial charge in [0.25, 0.3) is 0 Å². The maximum absolute atomic E-state index is 6.01. The summed E-state index contributed by atoms with van der Waals surface area (Å²) in [6, 6.07) is 0. The maximum Gasteiger partial charge on any atom is 0.149 e. The summed E-state index contributed by atoms with van der Waals surface area (Å²) < 4.78 is 0. The summed E-state index contributed by atoms with van der Waals surface area (Å²) in [5.41, 5.74) is 2.37. The molecule has 0 fully saturated rings. The van der Waals surface area contributed by atoms with Crippen LogP contribution in [0, 0.1) is 0 Å². The third-order valence-corrected chi connectivity index (χ3v) is 4.58. The fourth-order valence-corrected chi connectivity index (χ4v) is 2.88. The van der Waals surface area contributed by atoms with E-state index < -0.39 is 0 Å². The lowest BCUT2D eigenvalue weighted by atomic mass is 10.0. The quantitative estimate of drug-likeness (QED) is 0.238. The van der Waals surface area contributed by atoms with Crippen LogP contribution in [0.5, 0.6) is 0 Å². The Morgan fingerprint density at radius 1 is 0.560 bits per heavy atom. The van der Waals surface area contributed by atoms with E-state index >= 15 is 0 Å². The minimum Gasteiger partial charge on any atom is -1.00 e. The SMILES string of the molecule is CC.CC.CSCCCC(=[NH2+])CCCCCC(=[NH2+])CCCSC.[Cl-].[Cl-]. The lowest BCUT2D eigenvalue weighted by molar-refractivity contribution is -0.119. The molecule has 0 saturated heterocycles. The van der Waals surface area contributed by atoms with Gasteiger partial charge in [-0.3, -0.25) is 10.8 Å².